The number of ether oxygens (including phenoxy) is 2. The van der Waals surface area contributed by atoms with Crippen LogP contribution in [-0.4, -0.2) is 25.5 Å². The van der Waals surface area contributed by atoms with Gasteiger partial charge in [0.15, 0.2) is 0 Å². The van der Waals surface area contributed by atoms with Gasteiger partial charge in [0.05, 0.1) is 12.2 Å². The normalized spacial score (nSPS) is 11.1. The fraction of sp³-hybridized carbons (Fsp3) is 0.429. The summed E-state index contributed by atoms with van der Waals surface area (Å²) in [5, 5.41) is 0. The van der Waals surface area contributed by atoms with Gasteiger partial charge in [-0.15, -0.1) is 0 Å². The zero-order valence-electron chi connectivity index (χ0n) is 11.1. The van der Waals surface area contributed by atoms with Crippen molar-refractivity contribution in [2.24, 2.45) is 0 Å². The molecule has 4 nitrogen and oxygen atoms in total. The first-order valence-electron chi connectivity index (χ1n) is 5.79. The minimum atomic E-state index is -0.823. The lowest BCUT2D eigenvalue weighted by Gasteiger charge is -2.23. The van der Waals surface area contributed by atoms with Gasteiger partial charge in [0.2, 0.25) is 0 Å². The van der Waals surface area contributed by atoms with Crippen LogP contribution >= 0.6 is 0 Å². The second kappa shape index (κ2) is 5.78. The van der Waals surface area contributed by atoms with Crippen LogP contribution in [0, 0.1) is 0 Å². The number of Topliss-reactive ketones (excluding diaryl/α,β-unsaturated/α-hetero) is 1. The average molecular weight is 250 g/mol. The molecule has 98 valence electrons. The molecule has 0 saturated heterocycles. The number of carbonyl (C=O) groups excluding carboxylic acids is 2. The number of methoxy groups -OCH3 is 1. The highest BCUT2D eigenvalue weighted by Gasteiger charge is 2.21. The van der Waals surface area contributed by atoms with Gasteiger partial charge in [-0.25, -0.2) is 4.79 Å². The van der Waals surface area contributed by atoms with Gasteiger partial charge in [-0.1, -0.05) is 24.3 Å². The van der Waals surface area contributed by atoms with E-state index >= 15 is 0 Å². The Morgan fingerprint density at radius 1 is 1.17 bits per heavy atom. The number of carbonyl (C=O) groups is 2. The first-order valence-corrected chi connectivity index (χ1v) is 5.79. The smallest absolute Gasteiger partial charge is 0.379 e. The van der Waals surface area contributed by atoms with E-state index in [9.17, 15) is 9.59 Å². The van der Waals surface area contributed by atoms with Crippen LogP contribution in [0.3, 0.4) is 0 Å². The van der Waals surface area contributed by atoms with E-state index in [1.54, 1.807) is 38.3 Å². The van der Waals surface area contributed by atoms with Crippen molar-refractivity contribution < 1.29 is 19.1 Å². The Labute approximate surface area is 107 Å². The molecule has 4 heteroatoms. The van der Waals surface area contributed by atoms with Crippen LogP contribution in [0.2, 0.25) is 0 Å². The lowest BCUT2D eigenvalue weighted by Crippen LogP contribution is -2.20. The van der Waals surface area contributed by atoms with Gasteiger partial charge in [-0.2, -0.15) is 0 Å². The molecule has 0 saturated carbocycles. The Hall–Kier alpha value is -1.68. The second-order valence-electron chi connectivity index (χ2n) is 4.34. The summed E-state index contributed by atoms with van der Waals surface area (Å²) in [5.41, 5.74) is 0.834. The largest absolute Gasteiger partial charge is 0.460 e. The number of esters is 1. The Bertz CT molecular complexity index is 432. The highest BCUT2D eigenvalue weighted by molar-refractivity contribution is 6.40. The summed E-state index contributed by atoms with van der Waals surface area (Å²) in [6, 6.07) is 6.76. The van der Waals surface area contributed by atoms with E-state index < -0.39 is 17.4 Å². The van der Waals surface area contributed by atoms with Crippen molar-refractivity contribution in [2.45, 2.75) is 26.4 Å². The van der Waals surface area contributed by atoms with Crippen LogP contribution in [0.25, 0.3) is 0 Å². The second-order valence-corrected chi connectivity index (χ2v) is 4.34. The van der Waals surface area contributed by atoms with Gasteiger partial charge < -0.3 is 9.47 Å². The quantitative estimate of drug-likeness (QED) is 0.457. The van der Waals surface area contributed by atoms with Crippen LogP contribution < -0.4 is 0 Å². The van der Waals surface area contributed by atoms with E-state index in [1.807, 2.05) is 13.8 Å². The molecule has 0 spiro atoms. The average Bonchev–Trinajstić information content (AvgIpc) is 2.38. The van der Waals surface area contributed by atoms with E-state index in [2.05, 4.69) is 4.74 Å². The number of benzene rings is 1. The fourth-order valence-electron chi connectivity index (χ4n) is 1.46. The molecule has 1 rings (SSSR count). The molecule has 0 radical (unpaired) electrons. The molecule has 0 unspecified atom stereocenters. The number of rotatable bonds is 5. The summed E-state index contributed by atoms with van der Waals surface area (Å²) in [6.07, 6.45) is 0. The summed E-state index contributed by atoms with van der Waals surface area (Å²) in [4.78, 5) is 22.9. The van der Waals surface area contributed by atoms with Gasteiger partial charge in [-0.05, 0) is 26.3 Å². The number of ketones is 1. The third kappa shape index (κ3) is 3.17. The Morgan fingerprint density at radius 3 is 2.17 bits per heavy atom. The van der Waals surface area contributed by atoms with Crippen molar-refractivity contribution in [2.75, 3.05) is 13.7 Å². The molecule has 0 amide bonds. The minimum absolute atomic E-state index is 0.194. The van der Waals surface area contributed by atoms with Crippen molar-refractivity contribution in [1.29, 1.82) is 0 Å². The van der Waals surface area contributed by atoms with E-state index in [1.165, 1.54) is 0 Å². The third-order valence-corrected chi connectivity index (χ3v) is 2.81. The lowest BCUT2D eigenvalue weighted by molar-refractivity contribution is -0.137. The van der Waals surface area contributed by atoms with E-state index in [-0.39, 0.29) is 6.61 Å². The van der Waals surface area contributed by atoms with Crippen molar-refractivity contribution >= 4 is 11.8 Å². The summed E-state index contributed by atoms with van der Waals surface area (Å²) in [7, 11) is 1.62. The van der Waals surface area contributed by atoms with E-state index in [0.717, 1.165) is 5.56 Å². The first-order chi connectivity index (χ1) is 8.42. The highest BCUT2D eigenvalue weighted by Crippen LogP contribution is 2.23. The van der Waals surface area contributed by atoms with E-state index in [4.69, 9.17) is 4.74 Å². The number of hydrogen-bond donors (Lipinski definition) is 0. The van der Waals surface area contributed by atoms with Crippen molar-refractivity contribution in [3.8, 4) is 0 Å². The molecule has 0 N–H and O–H groups in total. The SMILES string of the molecule is CCOC(=O)C(=O)c1ccc(C(C)(C)OC)cc1. The topological polar surface area (TPSA) is 52.6 Å². The van der Waals surface area contributed by atoms with Crippen LogP contribution in [0.4, 0.5) is 0 Å². The molecule has 0 bridgehead atoms. The number of hydrogen-bond acceptors (Lipinski definition) is 4. The zero-order chi connectivity index (χ0) is 13.8. The van der Waals surface area contributed by atoms with Crippen molar-refractivity contribution in [1.82, 2.24) is 0 Å². The van der Waals surface area contributed by atoms with Gasteiger partial charge >= 0.3 is 5.97 Å². The first kappa shape index (κ1) is 14.4. The predicted octanol–water partition coefficient (Wildman–Crippen LogP) is 2.31. The summed E-state index contributed by atoms with van der Waals surface area (Å²) in [6.45, 7) is 5.71. The fourth-order valence-corrected chi connectivity index (χ4v) is 1.46. The molecule has 0 atom stereocenters. The minimum Gasteiger partial charge on any atom is -0.460 e. The van der Waals surface area contributed by atoms with E-state index in [0.29, 0.717) is 5.56 Å². The molecule has 1 aromatic rings. The summed E-state index contributed by atoms with van der Waals surface area (Å²) in [5.74, 6) is -1.45. The Balaban J connectivity index is 2.90. The van der Waals surface area contributed by atoms with Gasteiger partial charge in [0.1, 0.15) is 0 Å². The monoisotopic (exact) mass is 250 g/mol. The summed E-state index contributed by atoms with van der Waals surface area (Å²) >= 11 is 0. The molecule has 18 heavy (non-hydrogen) atoms. The molecule has 1 aromatic carbocycles. The van der Waals surface area contributed by atoms with Crippen LogP contribution in [0.5, 0.6) is 0 Å². The van der Waals surface area contributed by atoms with Crippen molar-refractivity contribution in [3.63, 3.8) is 0 Å². The lowest BCUT2D eigenvalue weighted by atomic mass is 9.96. The molecule has 0 aliphatic heterocycles. The molecule has 0 aliphatic carbocycles. The molecular weight excluding hydrogens is 232 g/mol. The molecular formula is C14H18O4. The third-order valence-electron chi connectivity index (χ3n) is 2.81. The van der Waals surface area contributed by atoms with Crippen LogP contribution in [0.15, 0.2) is 24.3 Å². The highest BCUT2D eigenvalue weighted by atomic mass is 16.5. The summed E-state index contributed by atoms with van der Waals surface area (Å²) < 4.78 is 10.00. The maximum Gasteiger partial charge on any atom is 0.379 e. The molecule has 0 fully saturated rings. The maximum atomic E-state index is 11.7. The Morgan fingerprint density at radius 2 is 1.72 bits per heavy atom. The van der Waals surface area contributed by atoms with Gasteiger partial charge in [-0.3, -0.25) is 4.79 Å². The molecule has 0 aliphatic rings. The van der Waals surface area contributed by atoms with Crippen molar-refractivity contribution in [3.05, 3.63) is 35.4 Å². The van der Waals surface area contributed by atoms with Gasteiger partial charge in [0.25, 0.3) is 5.78 Å². The van der Waals surface area contributed by atoms with Crippen LogP contribution in [-0.2, 0) is 19.9 Å². The zero-order valence-corrected chi connectivity index (χ0v) is 11.1. The standard InChI is InChI=1S/C14H18O4/c1-5-18-13(16)12(15)10-6-8-11(9-7-10)14(2,3)17-4/h6-9H,5H2,1-4H3. The molecule has 0 heterocycles. The molecule has 0 aromatic heterocycles. The predicted molar refractivity (Wildman–Crippen MR) is 67.4 cm³/mol. The van der Waals surface area contributed by atoms with Crippen LogP contribution in [0.1, 0.15) is 36.7 Å². The van der Waals surface area contributed by atoms with Gasteiger partial charge in [0, 0.05) is 12.7 Å². The maximum absolute atomic E-state index is 11.7. The Kier molecular flexibility index (Phi) is 4.62.